The standard InChI is InChI=1S/C14H21NO2/c1-4-11-7-6-10(8-12(11)5-2)9-13(15)14(16)17-3/h6-8,13H,4-5,9,15H2,1-3H3. The maximum absolute atomic E-state index is 11.2. The van der Waals surface area contributed by atoms with E-state index in [1.54, 1.807) is 0 Å². The molecular weight excluding hydrogens is 214 g/mol. The van der Waals surface area contributed by atoms with Gasteiger partial charge in [0.15, 0.2) is 0 Å². The molecule has 94 valence electrons. The van der Waals surface area contributed by atoms with Crippen LogP contribution in [-0.2, 0) is 28.8 Å². The van der Waals surface area contributed by atoms with Gasteiger partial charge in [-0.05, 0) is 36.0 Å². The van der Waals surface area contributed by atoms with Gasteiger partial charge < -0.3 is 10.5 Å². The van der Waals surface area contributed by atoms with E-state index in [9.17, 15) is 4.79 Å². The van der Waals surface area contributed by atoms with E-state index in [-0.39, 0.29) is 5.97 Å². The number of nitrogens with two attached hydrogens (primary N) is 1. The van der Waals surface area contributed by atoms with E-state index in [1.807, 2.05) is 6.07 Å². The maximum Gasteiger partial charge on any atom is 0.322 e. The molecule has 0 amide bonds. The number of hydrogen-bond donors (Lipinski definition) is 1. The summed E-state index contributed by atoms with van der Waals surface area (Å²) in [5.41, 5.74) is 9.54. The molecule has 3 nitrogen and oxygen atoms in total. The molecule has 0 spiro atoms. The average Bonchev–Trinajstić information content (AvgIpc) is 2.37. The summed E-state index contributed by atoms with van der Waals surface area (Å²) in [6.45, 7) is 4.28. The zero-order chi connectivity index (χ0) is 12.8. The molecule has 0 aromatic heterocycles. The van der Waals surface area contributed by atoms with Gasteiger partial charge in [0.2, 0.25) is 0 Å². The second kappa shape index (κ2) is 6.40. The third kappa shape index (κ3) is 3.56. The lowest BCUT2D eigenvalue weighted by molar-refractivity contribution is -0.142. The molecule has 0 heterocycles. The van der Waals surface area contributed by atoms with Gasteiger partial charge in [-0.1, -0.05) is 32.0 Å². The Hall–Kier alpha value is -1.35. The highest BCUT2D eigenvalue weighted by atomic mass is 16.5. The number of aryl methyl sites for hydroxylation is 2. The summed E-state index contributed by atoms with van der Waals surface area (Å²) in [5, 5.41) is 0. The highest BCUT2D eigenvalue weighted by molar-refractivity contribution is 5.75. The summed E-state index contributed by atoms with van der Waals surface area (Å²) >= 11 is 0. The van der Waals surface area contributed by atoms with Crippen molar-refractivity contribution < 1.29 is 9.53 Å². The Bertz CT molecular complexity index is 388. The lowest BCUT2D eigenvalue weighted by Gasteiger charge is -2.12. The molecule has 0 saturated carbocycles. The van der Waals surface area contributed by atoms with Crippen LogP contribution in [0, 0.1) is 0 Å². The Balaban J connectivity index is 2.82. The number of carbonyl (C=O) groups is 1. The Labute approximate surface area is 103 Å². The van der Waals surface area contributed by atoms with Crippen LogP contribution in [0.1, 0.15) is 30.5 Å². The Morgan fingerprint density at radius 2 is 1.94 bits per heavy atom. The molecule has 0 aliphatic heterocycles. The monoisotopic (exact) mass is 235 g/mol. The normalized spacial score (nSPS) is 12.2. The average molecular weight is 235 g/mol. The van der Waals surface area contributed by atoms with Gasteiger partial charge >= 0.3 is 5.97 Å². The summed E-state index contributed by atoms with van der Waals surface area (Å²) in [6.07, 6.45) is 2.57. The van der Waals surface area contributed by atoms with Crippen molar-refractivity contribution in [3.63, 3.8) is 0 Å². The molecule has 0 saturated heterocycles. The Kier molecular flexibility index (Phi) is 5.16. The quantitative estimate of drug-likeness (QED) is 0.792. The van der Waals surface area contributed by atoms with Gasteiger partial charge in [0, 0.05) is 0 Å². The van der Waals surface area contributed by atoms with Crippen molar-refractivity contribution >= 4 is 5.97 Å². The SMILES string of the molecule is CCc1ccc(CC(N)C(=O)OC)cc1CC. The number of esters is 1. The van der Waals surface area contributed by atoms with E-state index in [0.29, 0.717) is 6.42 Å². The first-order valence-corrected chi connectivity index (χ1v) is 6.06. The summed E-state index contributed by atoms with van der Waals surface area (Å²) in [4.78, 5) is 11.2. The van der Waals surface area contributed by atoms with Gasteiger partial charge in [-0.15, -0.1) is 0 Å². The van der Waals surface area contributed by atoms with Crippen molar-refractivity contribution in [2.75, 3.05) is 7.11 Å². The van der Waals surface area contributed by atoms with E-state index >= 15 is 0 Å². The fourth-order valence-corrected chi connectivity index (χ4v) is 1.97. The van der Waals surface area contributed by atoms with E-state index in [1.165, 1.54) is 18.2 Å². The predicted molar refractivity (Wildman–Crippen MR) is 68.9 cm³/mol. The van der Waals surface area contributed by atoms with Crippen LogP contribution in [0.15, 0.2) is 18.2 Å². The van der Waals surface area contributed by atoms with Gasteiger partial charge in [0.1, 0.15) is 6.04 Å². The van der Waals surface area contributed by atoms with Crippen LogP contribution in [0.5, 0.6) is 0 Å². The minimum absolute atomic E-state index is 0.359. The fraction of sp³-hybridized carbons (Fsp3) is 0.500. The fourth-order valence-electron chi connectivity index (χ4n) is 1.97. The number of carbonyl (C=O) groups excluding carboxylic acids is 1. The van der Waals surface area contributed by atoms with Crippen molar-refractivity contribution in [1.82, 2.24) is 0 Å². The molecular formula is C14H21NO2. The van der Waals surface area contributed by atoms with Crippen molar-refractivity contribution in [1.29, 1.82) is 0 Å². The zero-order valence-corrected chi connectivity index (χ0v) is 10.8. The number of methoxy groups -OCH3 is 1. The van der Waals surface area contributed by atoms with Crippen molar-refractivity contribution in [2.24, 2.45) is 5.73 Å². The van der Waals surface area contributed by atoms with E-state index in [2.05, 4.69) is 30.7 Å². The molecule has 0 fully saturated rings. The largest absolute Gasteiger partial charge is 0.468 e. The van der Waals surface area contributed by atoms with Crippen LogP contribution in [-0.4, -0.2) is 19.1 Å². The zero-order valence-electron chi connectivity index (χ0n) is 10.8. The summed E-state index contributed by atoms with van der Waals surface area (Å²) in [7, 11) is 1.36. The number of benzene rings is 1. The first-order valence-electron chi connectivity index (χ1n) is 6.06. The van der Waals surface area contributed by atoms with Gasteiger partial charge in [-0.2, -0.15) is 0 Å². The minimum Gasteiger partial charge on any atom is -0.468 e. The Morgan fingerprint density at radius 1 is 1.29 bits per heavy atom. The minimum atomic E-state index is -0.572. The van der Waals surface area contributed by atoms with Crippen molar-refractivity contribution in [2.45, 2.75) is 39.2 Å². The highest BCUT2D eigenvalue weighted by Crippen LogP contribution is 2.15. The summed E-state index contributed by atoms with van der Waals surface area (Å²) in [5.74, 6) is -0.359. The first kappa shape index (κ1) is 13.7. The Morgan fingerprint density at radius 3 is 2.47 bits per heavy atom. The van der Waals surface area contributed by atoms with Gasteiger partial charge in [0.25, 0.3) is 0 Å². The smallest absolute Gasteiger partial charge is 0.322 e. The predicted octanol–water partition coefficient (Wildman–Crippen LogP) is 1.85. The first-order chi connectivity index (χ1) is 8.12. The molecule has 1 rings (SSSR count). The van der Waals surface area contributed by atoms with Crippen molar-refractivity contribution in [3.8, 4) is 0 Å². The van der Waals surface area contributed by atoms with Crippen LogP contribution in [0.4, 0.5) is 0 Å². The third-order valence-electron chi connectivity index (χ3n) is 2.99. The lowest BCUT2D eigenvalue weighted by Crippen LogP contribution is -2.33. The van der Waals surface area contributed by atoms with Crippen LogP contribution in [0.3, 0.4) is 0 Å². The molecule has 1 atom stereocenters. The lowest BCUT2D eigenvalue weighted by atomic mass is 9.97. The molecule has 1 aromatic rings. The van der Waals surface area contributed by atoms with Gasteiger partial charge in [-0.3, -0.25) is 4.79 Å². The molecule has 1 aromatic carbocycles. The molecule has 0 bridgehead atoms. The van der Waals surface area contributed by atoms with Crippen LogP contribution >= 0.6 is 0 Å². The van der Waals surface area contributed by atoms with Gasteiger partial charge in [0.05, 0.1) is 7.11 Å². The molecule has 1 unspecified atom stereocenters. The topological polar surface area (TPSA) is 52.3 Å². The van der Waals surface area contributed by atoms with E-state index in [0.717, 1.165) is 18.4 Å². The molecule has 0 aliphatic carbocycles. The number of hydrogen-bond acceptors (Lipinski definition) is 3. The molecule has 17 heavy (non-hydrogen) atoms. The third-order valence-corrected chi connectivity index (χ3v) is 2.99. The van der Waals surface area contributed by atoms with Crippen LogP contribution < -0.4 is 5.73 Å². The molecule has 3 heteroatoms. The number of rotatable bonds is 5. The van der Waals surface area contributed by atoms with E-state index in [4.69, 9.17) is 5.73 Å². The number of ether oxygens (including phenoxy) is 1. The molecule has 2 N–H and O–H groups in total. The van der Waals surface area contributed by atoms with Crippen LogP contribution in [0.2, 0.25) is 0 Å². The van der Waals surface area contributed by atoms with Crippen LogP contribution in [0.25, 0.3) is 0 Å². The molecule has 0 radical (unpaired) electrons. The second-order valence-corrected chi connectivity index (χ2v) is 4.14. The maximum atomic E-state index is 11.2. The second-order valence-electron chi connectivity index (χ2n) is 4.14. The van der Waals surface area contributed by atoms with Crippen molar-refractivity contribution in [3.05, 3.63) is 34.9 Å². The van der Waals surface area contributed by atoms with E-state index < -0.39 is 6.04 Å². The summed E-state index contributed by atoms with van der Waals surface area (Å²) in [6, 6.07) is 5.73. The molecule has 0 aliphatic rings. The van der Waals surface area contributed by atoms with Gasteiger partial charge in [-0.25, -0.2) is 0 Å². The highest BCUT2D eigenvalue weighted by Gasteiger charge is 2.14. The summed E-state index contributed by atoms with van der Waals surface area (Å²) < 4.78 is 4.62.